The van der Waals surface area contributed by atoms with Gasteiger partial charge in [0.25, 0.3) is 0 Å². The predicted octanol–water partition coefficient (Wildman–Crippen LogP) is 3.69. The highest BCUT2D eigenvalue weighted by Crippen LogP contribution is 2.29. The van der Waals surface area contributed by atoms with Crippen molar-refractivity contribution in [2.45, 2.75) is 26.1 Å². The van der Waals surface area contributed by atoms with Crippen LogP contribution in [0.4, 0.5) is 4.39 Å². The summed E-state index contributed by atoms with van der Waals surface area (Å²) in [4.78, 5) is 0. The normalized spacial score (nSPS) is 12.5. The lowest BCUT2D eigenvalue weighted by atomic mass is 10.0. The van der Waals surface area contributed by atoms with Gasteiger partial charge in [0.05, 0.1) is 6.10 Å². The molecule has 0 aliphatic carbocycles. The fraction of sp³-hybridized carbons (Fsp3) is 0.250. The van der Waals surface area contributed by atoms with Gasteiger partial charge in [0.15, 0.2) is 11.6 Å². The van der Waals surface area contributed by atoms with Crippen LogP contribution in [-0.2, 0) is 0 Å². The van der Waals surface area contributed by atoms with E-state index in [1.165, 1.54) is 0 Å². The summed E-state index contributed by atoms with van der Waals surface area (Å²) in [5.41, 5.74) is 0.882. The number of aliphatic hydroxyl groups is 1. The lowest BCUT2D eigenvalue weighted by Crippen LogP contribution is -2.09. The zero-order valence-electron chi connectivity index (χ0n) is 11.0. The van der Waals surface area contributed by atoms with Crippen molar-refractivity contribution < 1.29 is 14.2 Å². The monoisotopic (exact) mass is 260 g/mol. The molecule has 0 heterocycles. The summed E-state index contributed by atoms with van der Waals surface area (Å²) in [6, 6.07) is 13.8. The molecule has 1 N–H and O–H groups in total. The molecule has 2 nitrogen and oxygen atoms in total. The van der Waals surface area contributed by atoms with Gasteiger partial charge in [-0.3, -0.25) is 0 Å². The fourth-order valence-corrected chi connectivity index (χ4v) is 1.90. The van der Waals surface area contributed by atoms with Crippen LogP contribution in [0.15, 0.2) is 48.5 Å². The molecule has 0 amide bonds. The predicted molar refractivity (Wildman–Crippen MR) is 72.7 cm³/mol. The quantitative estimate of drug-likeness (QED) is 0.908. The van der Waals surface area contributed by atoms with E-state index in [-0.39, 0.29) is 17.4 Å². The summed E-state index contributed by atoms with van der Waals surface area (Å²) < 4.78 is 19.7. The van der Waals surface area contributed by atoms with Crippen molar-refractivity contribution in [1.82, 2.24) is 0 Å². The number of hydrogen-bond donors (Lipinski definition) is 1. The maximum Gasteiger partial charge on any atom is 0.171 e. The maximum absolute atomic E-state index is 14.3. The van der Waals surface area contributed by atoms with Crippen LogP contribution < -0.4 is 4.74 Å². The third kappa shape index (κ3) is 3.12. The second-order valence-electron chi connectivity index (χ2n) is 4.64. The molecular weight excluding hydrogens is 243 g/mol. The van der Waals surface area contributed by atoms with Gasteiger partial charge in [0, 0.05) is 5.56 Å². The highest BCUT2D eigenvalue weighted by Gasteiger charge is 2.18. The van der Waals surface area contributed by atoms with Gasteiger partial charge >= 0.3 is 0 Å². The molecule has 0 fully saturated rings. The van der Waals surface area contributed by atoms with Crippen molar-refractivity contribution >= 4 is 0 Å². The highest BCUT2D eigenvalue weighted by atomic mass is 19.1. The second kappa shape index (κ2) is 5.85. The summed E-state index contributed by atoms with van der Waals surface area (Å²) in [5, 5.41) is 10.2. The van der Waals surface area contributed by atoms with Crippen LogP contribution in [0.2, 0.25) is 0 Å². The molecule has 100 valence electrons. The number of benzene rings is 2. The zero-order chi connectivity index (χ0) is 13.8. The molecule has 0 bridgehead atoms. The van der Waals surface area contributed by atoms with Crippen LogP contribution in [0.25, 0.3) is 0 Å². The third-order valence-electron chi connectivity index (χ3n) is 2.77. The SMILES string of the molecule is CC(C)Oc1cccc(C(O)c2ccccc2)c1F. The van der Waals surface area contributed by atoms with Gasteiger partial charge in [-0.25, -0.2) is 4.39 Å². The summed E-state index contributed by atoms with van der Waals surface area (Å²) in [5.74, 6) is -0.338. The van der Waals surface area contributed by atoms with Gasteiger partial charge < -0.3 is 9.84 Å². The Morgan fingerprint density at radius 2 is 1.68 bits per heavy atom. The Morgan fingerprint density at radius 1 is 1.00 bits per heavy atom. The molecule has 3 heteroatoms. The van der Waals surface area contributed by atoms with E-state index in [1.807, 2.05) is 32.0 Å². The molecule has 1 unspecified atom stereocenters. The molecule has 2 aromatic carbocycles. The molecule has 0 radical (unpaired) electrons. The van der Waals surface area contributed by atoms with Crippen molar-refractivity contribution in [3.63, 3.8) is 0 Å². The molecule has 0 aliphatic rings. The summed E-state index contributed by atoms with van der Waals surface area (Å²) >= 11 is 0. The van der Waals surface area contributed by atoms with E-state index in [0.29, 0.717) is 5.56 Å². The average Bonchev–Trinajstić information content (AvgIpc) is 2.41. The summed E-state index contributed by atoms with van der Waals surface area (Å²) in [7, 11) is 0. The fourth-order valence-electron chi connectivity index (χ4n) is 1.90. The lowest BCUT2D eigenvalue weighted by Gasteiger charge is -2.16. The van der Waals surface area contributed by atoms with E-state index < -0.39 is 11.9 Å². The van der Waals surface area contributed by atoms with Crippen LogP contribution >= 0.6 is 0 Å². The van der Waals surface area contributed by atoms with E-state index in [9.17, 15) is 9.50 Å². The van der Waals surface area contributed by atoms with Crippen LogP contribution in [0.1, 0.15) is 31.1 Å². The van der Waals surface area contributed by atoms with Gasteiger partial charge in [-0.15, -0.1) is 0 Å². The van der Waals surface area contributed by atoms with Crippen LogP contribution in [0, 0.1) is 5.82 Å². The summed E-state index contributed by atoms with van der Waals surface area (Å²) in [6.07, 6.45) is -1.10. The number of ether oxygens (including phenoxy) is 1. The van der Waals surface area contributed by atoms with Gasteiger partial charge in [-0.1, -0.05) is 42.5 Å². The number of halogens is 1. The lowest BCUT2D eigenvalue weighted by molar-refractivity contribution is 0.204. The highest BCUT2D eigenvalue weighted by molar-refractivity contribution is 5.37. The zero-order valence-corrected chi connectivity index (χ0v) is 11.0. The first kappa shape index (κ1) is 13.6. The van der Waals surface area contributed by atoms with Crippen molar-refractivity contribution in [3.8, 4) is 5.75 Å². The Morgan fingerprint density at radius 3 is 2.32 bits per heavy atom. The first-order chi connectivity index (χ1) is 9.09. The molecule has 0 aromatic heterocycles. The molecule has 2 aromatic rings. The minimum Gasteiger partial charge on any atom is -0.488 e. The van der Waals surface area contributed by atoms with Crippen LogP contribution in [-0.4, -0.2) is 11.2 Å². The molecule has 0 aliphatic heterocycles. The smallest absolute Gasteiger partial charge is 0.171 e. The Bertz CT molecular complexity index is 538. The minimum absolute atomic E-state index is 0.112. The Kier molecular flexibility index (Phi) is 4.17. The minimum atomic E-state index is -0.989. The number of hydrogen-bond acceptors (Lipinski definition) is 2. The molecular formula is C16H17FO2. The van der Waals surface area contributed by atoms with Gasteiger partial charge in [-0.05, 0) is 25.5 Å². The average molecular weight is 260 g/mol. The summed E-state index contributed by atoms with van der Waals surface area (Å²) in [6.45, 7) is 3.67. The number of aliphatic hydroxyl groups excluding tert-OH is 1. The standard InChI is InChI=1S/C16H17FO2/c1-11(2)19-14-10-6-9-13(15(14)17)16(18)12-7-4-3-5-8-12/h3-11,16,18H,1-2H3. The Balaban J connectivity index is 2.35. The van der Waals surface area contributed by atoms with Crippen molar-refractivity contribution in [1.29, 1.82) is 0 Å². The van der Waals surface area contributed by atoms with E-state index in [4.69, 9.17) is 4.74 Å². The van der Waals surface area contributed by atoms with Crippen molar-refractivity contribution in [2.24, 2.45) is 0 Å². The molecule has 0 spiro atoms. The van der Waals surface area contributed by atoms with Gasteiger partial charge in [0.2, 0.25) is 0 Å². The first-order valence-electron chi connectivity index (χ1n) is 6.27. The molecule has 2 rings (SSSR count). The second-order valence-corrected chi connectivity index (χ2v) is 4.64. The molecule has 19 heavy (non-hydrogen) atoms. The molecule has 0 saturated heterocycles. The van der Waals surface area contributed by atoms with Crippen molar-refractivity contribution in [3.05, 3.63) is 65.5 Å². The van der Waals surface area contributed by atoms with E-state index in [2.05, 4.69) is 0 Å². The van der Waals surface area contributed by atoms with Crippen LogP contribution in [0.3, 0.4) is 0 Å². The Hall–Kier alpha value is -1.87. The maximum atomic E-state index is 14.3. The molecule has 0 saturated carbocycles. The Labute approximate surface area is 112 Å². The van der Waals surface area contributed by atoms with E-state index >= 15 is 0 Å². The first-order valence-corrected chi connectivity index (χ1v) is 6.27. The third-order valence-corrected chi connectivity index (χ3v) is 2.77. The largest absolute Gasteiger partial charge is 0.488 e. The molecule has 1 atom stereocenters. The van der Waals surface area contributed by atoms with Crippen LogP contribution in [0.5, 0.6) is 5.75 Å². The van der Waals surface area contributed by atoms with E-state index in [1.54, 1.807) is 30.3 Å². The van der Waals surface area contributed by atoms with Gasteiger partial charge in [0.1, 0.15) is 6.10 Å². The topological polar surface area (TPSA) is 29.5 Å². The van der Waals surface area contributed by atoms with E-state index in [0.717, 1.165) is 0 Å². The van der Waals surface area contributed by atoms with Gasteiger partial charge in [-0.2, -0.15) is 0 Å². The number of rotatable bonds is 4. The van der Waals surface area contributed by atoms with Crippen molar-refractivity contribution in [2.75, 3.05) is 0 Å².